The Labute approximate surface area is 138 Å². The first-order valence-electron chi connectivity index (χ1n) is 6.81. The van der Waals surface area contributed by atoms with Gasteiger partial charge in [0.2, 0.25) is 0 Å². The smallest absolute Gasteiger partial charge is 0.0710 e. The molecule has 0 bridgehead atoms. The number of hydrogen-bond donors (Lipinski definition) is 2. The number of nitrogens with zero attached hydrogens (tertiary/aromatic N) is 2. The minimum Gasteiger partial charge on any atom is -0.308 e. The molecular weight excluding hydrogens is 319 g/mol. The third kappa shape index (κ3) is 3.47. The lowest BCUT2D eigenvalue weighted by Gasteiger charge is -2.07. The second kappa shape index (κ2) is 6.92. The molecule has 2 heterocycles. The molecule has 0 saturated heterocycles. The standard InChI is InChI=1S/C16H14Cl2N4/c17-13-3-4-14(15(18)6-13)16-12(10-21-22-16)9-20-8-11-2-1-5-19-7-11/h1-7,10,20H,8-9H2,(H,21,22). The first-order valence-corrected chi connectivity index (χ1v) is 7.57. The number of halogens is 2. The van der Waals surface area contributed by atoms with Gasteiger partial charge in [-0.3, -0.25) is 10.1 Å². The van der Waals surface area contributed by atoms with Crippen LogP contribution in [-0.2, 0) is 13.1 Å². The number of H-pyrrole nitrogens is 1. The van der Waals surface area contributed by atoms with Crippen molar-refractivity contribution in [3.05, 3.63) is 70.1 Å². The van der Waals surface area contributed by atoms with E-state index in [1.165, 1.54) is 0 Å². The number of aromatic nitrogens is 3. The van der Waals surface area contributed by atoms with E-state index in [-0.39, 0.29) is 0 Å². The Kier molecular flexibility index (Phi) is 4.73. The zero-order chi connectivity index (χ0) is 15.4. The van der Waals surface area contributed by atoms with Gasteiger partial charge in [0.1, 0.15) is 0 Å². The molecule has 0 aliphatic carbocycles. The third-order valence-corrected chi connectivity index (χ3v) is 3.83. The molecule has 112 valence electrons. The molecule has 3 rings (SSSR count). The van der Waals surface area contributed by atoms with Gasteiger partial charge in [-0.1, -0.05) is 29.3 Å². The normalized spacial score (nSPS) is 10.8. The van der Waals surface area contributed by atoms with E-state index in [4.69, 9.17) is 23.2 Å². The van der Waals surface area contributed by atoms with Crippen molar-refractivity contribution < 1.29 is 0 Å². The first kappa shape index (κ1) is 15.0. The van der Waals surface area contributed by atoms with Crippen LogP contribution in [0, 0.1) is 0 Å². The Morgan fingerprint density at radius 1 is 1.09 bits per heavy atom. The molecule has 22 heavy (non-hydrogen) atoms. The second-order valence-corrected chi connectivity index (χ2v) is 5.70. The Morgan fingerprint density at radius 3 is 2.77 bits per heavy atom. The van der Waals surface area contributed by atoms with Gasteiger partial charge in [-0.15, -0.1) is 0 Å². The van der Waals surface area contributed by atoms with Gasteiger partial charge in [0.15, 0.2) is 0 Å². The lowest BCUT2D eigenvalue weighted by atomic mass is 10.1. The van der Waals surface area contributed by atoms with Gasteiger partial charge < -0.3 is 5.32 Å². The van der Waals surface area contributed by atoms with E-state index < -0.39 is 0 Å². The quantitative estimate of drug-likeness (QED) is 0.740. The van der Waals surface area contributed by atoms with Crippen molar-refractivity contribution >= 4 is 23.2 Å². The van der Waals surface area contributed by atoms with Gasteiger partial charge in [0.25, 0.3) is 0 Å². The van der Waals surface area contributed by atoms with Crippen LogP contribution in [0.4, 0.5) is 0 Å². The van der Waals surface area contributed by atoms with Gasteiger partial charge in [0, 0.05) is 41.6 Å². The molecule has 6 heteroatoms. The van der Waals surface area contributed by atoms with E-state index >= 15 is 0 Å². The fraction of sp³-hybridized carbons (Fsp3) is 0.125. The Morgan fingerprint density at radius 2 is 2.00 bits per heavy atom. The van der Waals surface area contributed by atoms with Crippen LogP contribution in [0.15, 0.2) is 48.9 Å². The summed E-state index contributed by atoms with van der Waals surface area (Å²) in [5, 5.41) is 11.7. The van der Waals surface area contributed by atoms with Crippen LogP contribution in [0.5, 0.6) is 0 Å². The number of nitrogens with one attached hydrogen (secondary N) is 2. The van der Waals surface area contributed by atoms with Crippen LogP contribution in [0.2, 0.25) is 10.0 Å². The van der Waals surface area contributed by atoms with Gasteiger partial charge in [0.05, 0.1) is 16.9 Å². The highest BCUT2D eigenvalue weighted by Crippen LogP contribution is 2.30. The largest absolute Gasteiger partial charge is 0.308 e. The van der Waals surface area contributed by atoms with E-state index in [0.29, 0.717) is 16.6 Å². The predicted molar refractivity (Wildman–Crippen MR) is 88.8 cm³/mol. The molecule has 0 radical (unpaired) electrons. The van der Waals surface area contributed by atoms with Crippen LogP contribution in [0.25, 0.3) is 11.3 Å². The molecule has 0 amide bonds. The lowest BCUT2D eigenvalue weighted by molar-refractivity contribution is 0.692. The summed E-state index contributed by atoms with van der Waals surface area (Å²) in [5.74, 6) is 0. The molecule has 0 atom stereocenters. The minimum absolute atomic E-state index is 0.602. The van der Waals surface area contributed by atoms with Gasteiger partial charge in [-0.2, -0.15) is 5.10 Å². The average Bonchev–Trinajstić information content (AvgIpc) is 2.97. The van der Waals surface area contributed by atoms with E-state index in [9.17, 15) is 0 Å². The average molecular weight is 333 g/mol. The number of hydrogen-bond acceptors (Lipinski definition) is 3. The predicted octanol–water partition coefficient (Wildman–Crippen LogP) is 4.07. The number of benzene rings is 1. The van der Waals surface area contributed by atoms with Crippen LogP contribution >= 0.6 is 23.2 Å². The molecule has 2 N–H and O–H groups in total. The summed E-state index contributed by atoms with van der Waals surface area (Å²) in [6.45, 7) is 1.42. The SMILES string of the molecule is Clc1ccc(-c2[nH]ncc2CNCc2cccnc2)c(Cl)c1. The van der Waals surface area contributed by atoms with E-state index in [1.807, 2.05) is 30.5 Å². The van der Waals surface area contributed by atoms with Gasteiger partial charge >= 0.3 is 0 Å². The molecule has 3 aromatic rings. The summed E-state index contributed by atoms with van der Waals surface area (Å²) in [7, 11) is 0. The molecule has 0 aliphatic heterocycles. The van der Waals surface area contributed by atoms with Crippen molar-refractivity contribution in [3.8, 4) is 11.3 Å². The maximum absolute atomic E-state index is 6.26. The van der Waals surface area contributed by atoms with Gasteiger partial charge in [-0.05, 0) is 29.8 Å². The summed E-state index contributed by atoms with van der Waals surface area (Å²) >= 11 is 12.2. The summed E-state index contributed by atoms with van der Waals surface area (Å²) in [5.41, 5.74) is 3.98. The van der Waals surface area contributed by atoms with Crippen molar-refractivity contribution in [2.75, 3.05) is 0 Å². The fourth-order valence-electron chi connectivity index (χ4n) is 2.21. The van der Waals surface area contributed by atoms with E-state index in [0.717, 1.165) is 28.9 Å². The number of aromatic amines is 1. The fourth-order valence-corrected chi connectivity index (χ4v) is 2.72. The minimum atomic E-state index is 0.602. The monoisotopic (exact) mass is 332 g/mol. The Hall–Kier alpha value is -1.88. The van der Waals surface area contributed by atoms with Crippen molar-refractivity contribution in [2.24, 2.45) is 0 Å². The van der Waals surface area contributed by atoms with Crippen molar-refractivity contribution in [2.45, 2.75) is 13.1 Å². The second-order valence-electron chi connectivity index (χ2n) is 4.86. The molecule has 0 unspecified atom stereocenters. The van der Waals surface area contributed by atoms with Gasteiger partial charge in [-0.25, -0.2) is 0 Å². The van der Waals surface area contributed by atoms with Crippen LogP contribution in [-0.4, -0.2) is 15.2 Å². The van der Waals surface area contributed by atoms with E-state index in [1.54, 1.807) is 18.5 Å². The van der Waals surface area contributed by atoms with Crippen LogP contribution in [0.1, 0.15) is 11.1 Å². The van der Waals surface area contributed by atoms with Crippen LogP contribution in [0.3, 0.4) is 0 Å². The third-order valence-electron chi connectivity index (χ3n) is 3.29. The van der Waals surface area contributed by atoms with E-state index in [2.05, 4.69) is 20.5 Å². The highest BCUT2D eigenvalue weighted by Gasteiger charge is 2.11. The number of rotatable bonds is 5. The summed E-state index contributed by atoms with van der Waals surface area (Å²) in [4.78, 5) is 4.10. The highest BCUT2D eigenvalue weighted by molar-refractivity contribution is 6.36. The molecule has 0 spiro atoms. The summed E-state index contributed by atoms with van der Waals surface area (Å²) in [6.07, 6.45) is 5.41. The highest BCUT2D eigenvalue weighted by atomic mass is 35.5. The zero-order valence-corrected chi connectivity index (χ0v) is 13.2. The van der Waals surface area contributed by atoms with Crippen molar-refractivity contribution in [3.63, 3.8) is 0 Å². The molecule has 1 aromatic carbocycles. The lowest BCUT2D eigenvalue weighted by Crippen LogP contribution is -2.13. The summed E-state index contributed by atoms with van der Waals surface area (Å²) < 4.78 is 0. The maximum atomic E-state index is 6.26. The topological polar surface area (TPSA) is 53.6 Å². The Bertz CT molecular complexity index is 756. The van der Waals surface area contributed by atoms with Crippen molar-refractivity contribution in [1.29, 1.82) is 0 Å². The first-order chi connectivity index (χ1) is 10.7. The maximum Gasteiger partial charge on any atom is 0.0710 e. The molecular formula is C16H14Cl2N4. The Balaban J connectivity index is 1.72. The van der Waals surface area contributed by atoms with Crippen LogP contribution < -0.4 is 5.32 Å². The molecule has 0 saturated carbocycles. The molecule has 2 aromatic heterocycles. The molecule has 4 nitrogen and oxygen atoms in total. The summed E-state index contributed by atoms with van der Waals surface area (Å²) in [6, 6.07) is 9.39. The number of pyridine rings is 1. The zero-order valence-electron chi connectivity index (χ0n) is 11.7. The molecule has 0 fully saturated rings. The molecule has 0 aliphatic rings. The van der Waals surface area contributed by atoms with Crippen molar-refractivity contribution in [1.82, 2.24) is 20.5 Å².